The van der Waals surface area contributed by atoms with E-state index in [0.29, 0.717) is 16.4 Å². The van der Waals surface area contributed by atoms with Crippen molar-refractivity contribution in [2.24, 2.45) is 5.73 Å². The lowest BCUT2D eigenvalue weighted by Gasteiger charge is -2.05. The number of anilines is 2. The molecule has 7 heteroatoms. The third kappa shape index (κ3) is 3.31. The second kappa shape index (κ2) is 6.59. The van der Waals surface area contributed by atoms with Crippen LogP contribution in [0.4, 0.5) is 10.8 Å². The van der Waals surface area contributed by atoms with Gasteiger partial charge in [0, 0.05) is 22.7 Å². The molecular weight excluding hydrogens is 326 g/mol. The number of aromatic hydroxyl groups is 1. The average molecular weight is 341 g/mol. The fraction of sp³-hybridized carbons (Fsp3) is 0.0588. The number of aromatic nitrogens is 1. The van der Waals surface area contributed by atoms with Crippen molar-refractivity contribution < 1.29 is 14.6 Å². The first-order valence-corrected chi connectivity index (χ1v) is 7.94. The molecule has 24 heavy (non-hydrogen) atoms. The van der Waals surface area contributed by atoms with Gasteiger partial charge in [-0.05, 0) is 30.3 Å². The van der Waals surface area contributed by atoms with Gasteiger partial charge in [-0.2, -0.15) is 0 Å². The van der Waals surface area contributed by atoms with Gasteiger partial charge in [0.2, 0.25) is 0 Å². The van der Waals surface area contributed by atoms with Crippen molar-refractivity contribution in [3.63, 3.8) is 0 Å². The Hall–Kier alpha value is -3.06. The molecule has 2 aromatic carbocycles. The highest BCUT2D eigenvalue weighted by molar-refractivity contribution is 7.14. The minimum Gasteiger partial charge on any atom is -0.507 e. The number of amides is 1. The van der Waals surface area contributed by atoms with Crippen molar-refractivity contribution in [3.8, 4) is 22.8 Å². The van der Waals surface area contributed by atoms with E-state index in [0.717, 1.165) is 11.4 Å². The van der Waals surface area contributed by atoms with Crippen LogP contribution < -0.4 is 15.8 Å². The Balaban J connectivity index is 1.85. The summed E-state index contributed by atoms with van der Waals surface area (Å²) in [6, 6.07) is 12.2. The average Bonchev–Trinajstić information content (AvgIpc) is 3.03. The van der Waals surface area contributed by atoms with Crippen LogP contribution in [0, 0.1) is 0 Å². The van der Waals surface area contributed by atoms with Crippen molar-refractivity contribution in [1.82, 2.24) is 4.98 Å². The summed E-state index contributed by atoms with van der Waals surface area (Å²) >= 11 is 1.43. The van der Waals surface area contributed by atoms with Crippen molar-refractivity contribution in [3.05, 3.63) is 53.4 Å². The lowest BCUT2D eigenvalue weighted by molar-refractivity contribution is 0.0998. The summed E-state index contributed by atoms with van der Waals surface area (Å²) in [5.41, 5.74) is 7.58. The highest BCUT2D eigenvalue weighted by atomic mass is 32.1. The predicted molar refractivity (Wildman–Crippen MR) is 94.0 cm³/mol. The van der Waals surface area contributed by atoms with Gasteiger partial charge in [0.15, 0.2) is 5.13 Å². The van der Waals surface area contributed by atoms with Crippen molar-refractivity contribution in [2.75, 3.05) is 12.4 Å². The predicted octanol–water partition coefficient (Wildman–Crippen LogP) is 3.37. The summed E-state index contributed by atoms with van der Waals surface area (Å²) in [4.78, 5) is 15.8. The van der Waals surface area contributed by atoms with Crippen molar-refractivity contribution in [1.29, 1.82) is 0 Å². The summed E-state index contributed by atoms with van der Waals surface area (Å²) in [5, 5.41) is 15.4. The van der Waals surface area contributed by atoms with Gasteiger partial charge in [0.25, 0.3) is 5.91 Å². The van der Waals surface area contributed by atoms with Gasteiger partial charge in [-0.25, -0.2) is 4.98 Å². The molecule has 3 rings (SSSR count). The number of benzene rings is 2. The number of hydrogen-bond acceptors (Lipinski definition) is 6. The first kappa shape index (κ1) is 15.8. The van der Waals surface area contributed by atoms with Crippen LogP contribution in [0.1, 0.15) is 10.4 Å². The highest BCUT2D eigenvalue weighted by Crippen LogP contribution is 2.30. The molecule has 0 saturated heterocycles. The molecule has 0 spiro atoms. The number of primary amides is 1. The molecule has 0 bridgehead atoms. The number of rotatable bonds is 5. The number of phenols is 1. The van der Waals surface area contributed by atoms with Crippen LogP contribution >= 0.6 is 11.3 Å². The molecule has 0 radical (unpaired) electrons. The van der Waals surface area contributed by atoms with Crippen molar-refractivity contribution >= 4 is 28.1 Å². The Bertz CT molecular complexity index is 892. The molecule has 6 nitrogen and oxygen atoms in total. The van der Waals surface area contributed by atoms with E-state index < -0.39 is 5.91 Å². The molecule has 4 N–H and O–H groups in total. The summed E-state index contributed by atoms with van der Waals surface area (Å²) in [5.74, 6) is -0.0723. The van der Waals surface area contributed by atoms with Crippen LogP contribution in [-0.2, 0) is 0 Å². The number of nitrogens with two attached hydrogens (primary N) is 1. The van der Waals surface area contributed by atoms with E-state index in [4.69, 9.17) is 10.5 Å². The maximum Gasteiger partial charge on any atom is 0.252 e. The SMILES string of the molecule is COc1cccc(Nc2nc(-c3ccc(O)c(C(N)=O)c3)cs2)c1. The number of carbonyl (C=O) groups is 1. The second-order valence-corrected chi connectivity index (χ2v) is 5.85. The van der Waals surface area contributed by atoms with Crippen LogP contribution in [-0.4, -0.2) is 23.1 Å². The molecule has 0 unspecified atom stereocenters. The smallest absolute Gasteiger partial charge is 0.252 e. The summed E-state index contributed by atoms with van der Waals surface area (Å²) < 4.78 is 5.19. The lowest BCUT2D eigenvalue weighted by atomic mass is 10.1. The standard InChI is InChI=1S/C17H15N3O3S/c1-23-12-4-2-3-11(8-12)19-17-20-14(9-24-17)10-5-6-15(21)13(7-10)16(18)22/h2-9,21H,1H3,(H2,18,22)(H,19,20). The van der Waals surface area contributed by atoms with Crippen LogP contribution in [0.25, 0.3) is 11.3 Å². The molecule has 1 aromatic heterocycles. The molecular formula is C17H15N3O3S. The van der Waals surface area contributed by atoms with Crippen LogP contribution in [0.15, 0.2) is 47.8 Å². The topological polar surface area (TPSA) is 97.5 Å². The monoisotopic (exact) mass is 341 g/mol. The fourth-order valence-electron chi connectivity index (χ4n) is 2.18. The highest BCUT2D eigenvalue weighted by Gasteiger charge is 2.11. The van der Waals surface area contributed by atoms with Gasteiger partial charge >= 0.3 is 0 Å². The van der Waals surface area contributed by atoms with Gasteiger partial charge in [0.1, 0.15) is 11.5 Å². The van der Waals surface area contributed by atoms with E-state index in [1.54, 1.807) is 13.2 Å². The summed E-state index contributed by atoms with van der Waals surface area (Å²) in [7, 11) is 1.61. The van der Waals surface area contributed by atoms with E-state index in [1.807, 2.05) is 29.6 Å². The number of methoxy groups -OCH3 is 1. The van der Waals surface area contributed by atoms with Crippen LogP contribution in [0.2, 0.25) is 0 Å². The fourth-order valence-corrected chi connectivity index (χ4v) is 2.92. The third-order valence-corrected chi connectivity index (χ3v) is 4.14. The van der Waals surface area contributed by atoms with E-state index >= 15 is 0 Å². The summed E-state index contributed by atoms with van der Waals surface area (Å²) in [6.07, 6.45) is 0. The first-order chi connectivity index (χ1) is 11.6. The Kier molecular flexibility index (Phi) is 4.35. The minimum absolute atomic E-state index is 0.0720. The summed E-state index contributed by atoms with van der Waals surface area (Å²) in [6.45, 7) is 0. The zero-order valence-electron chi connectivity index (χ0n) is 12.8. The van der Waals surface area contributed by atoms with Gasteiger partial charge in [-0.1, -0.05) is 6.07 Å². The minimum atomic E-state index is -0.681. The zero-order chi connectivity index (χ0) is 17.1. The molecule has 0 aliphatic carbocycles. The molecule has 0 aliphatic heterocycles. The number of ether oxygens (including phenoxy) is 1. The quantitative estimate of drug-likeness (QED) is 0.661. The first-order valence-electron chi connectivity index (χ1n) is 7.06. The van der Waals surface area contributed by atoms with Crippen molar-refractivity contribution in [2.45, 2.75) is 0 Å². The van der Waals surface area contributed by atoms with E-state index in [2.05, 4.69) is 10.3 Å². The molecule has 1 heterocycles. The maximum atomic E-state index is 11.3. The number of nitrogens with one attached hydrogen (secondary N) is 1. The number of hydrogen-bond donors (Lipinski definition) is 3. The molecule has 0 saturated carbocycles. The Labute approximate surface area is 142 Å². The number of thiazole rings is 1. The van der Waals surface area contributed by atoms with Crippen LogP contribution in [0.3, 0.4) is 0 Å². The Morgan fingerprint density at radius 1 is 1.29 bits per heavy atom. The van der Waals surface area contributed by atoms with Gasteiger partial charge in [0.05, 0.1) is 18.4 Å². The number of carbonyl (C=O) groups excluding carboxylic acids is 1. The normalized spacial score (nSPS) is 10.4. The molecule has 3 aromatic rings. The van der Waals surface area contributed by atoms with E-state index in [-0.39, 0.29) is 11.3 Å². The lowest BCUT2D eigenvalue weighted by Crippen LogP contribution is -2.11. The molecule has 0 atom stereocenters. The van der Waals surface area contributed by atoms with Gasteiger partial charge < -0.3 is 20.9 Å². The molecule has 0 fully saturated rings. The van der Waals surface area contributed by atoms with Gasteiger partial charge in [-0.3, -0.25) is 4.79 Å². The second-order valence-electron chi connectivity index (χ2n) is 4.99. The number of nitrogens with zero attached hydrogens (tertiary/aromatic N) is 1. The zero-order valence-corrected chi connectivity index (χ0v) is 13.6. The largest absolute Gasteiger partial charge is 0.507 e. The van der Waals surface area contributed by atoms with Crippen LogP contribution in [0.5, 0.6) is 11.5 Å². The van der Waals surface area contributed by atoms with E-state index in [9.17, 15) is 9.90 Å². The molecule has 122 valence electrons. The molecule has 1 amide bonds. The Morgan fingerprint density at radius 2 is 2.12 bits per heavy atom. The third-order valence-electron chi connectivity index (χ3n) is 3.38. The maximum absolute atomic E-state index is 11.3. The van der Waals surface area contributed by atoms with E-state index in [1.165, 1.54) is 23.5 Å². The van der Waals surface area contributed by atoms with Gasteiger partial charge in [-0.15, -0.1) is 11.3 Å². The molecule has 0 aliphatic rings. The Morgan fingerprint density at radius 3 is 2.88 bits per heavy atom.